The van der Waals surface area contributed by atoms with Gasteiger partial charge >= 0.3 is 0 Å². The van der Waals surface area contributed by atoms with E-state index in [1.807, 2.05) is 23.1 Å². The number of amides is 1. The van der Waals surface area contributed by atoms with Crippen LogP contribution in [0.2, 0.25) is 0 Å². The number of hydrogen-bond donors (Lipinski definition) is 1. The maximum Gasteiger partial charge on any atom is 0.269 e. The van der Waals surface area contributed by atoms with Gasteiger partial charge in [0.05, 0.1) is 10.6 Å². The Morgan fingerprint density at radius 3 is 2.75 bits per heavy atom. The molecule has 0 aliphatic carbocycles. The number of nitro benzene ring substituents is 1. The molecule has 0 bridgehead atoms. The minimum atomic E-state index is -0.441. The molecular formula is C20H23N3O4S. The van der Waals surface area contributed by atoms with Crippen molar-refractivity contribution in [3.05, 3.63) is 58.6 Å². The van der Waals surface area contributed by atoms with Crippen LogP contribution in [0.25, 0.3) is 0 Å². The molecule has 0 saturated heterocycles. The summed E-state index contributed by atoms with van der Waals surface area (Å²) in [7, 11) is 0. The number of nitro groups is 1. The van der Waals surface area contributed by atoms with Gasteiger partial charge in [-0.15, -0.1) is 11.8 Å². The van der Waals surface area contributed by atoms with Crippen molar-refractivity contribution < 1.29 is 14.5 Å². The standard InChI is InChI=1S/C20H23N3O4S/c24-20(22-13-3-15-28-19-5-2-1-4-18(19)22)10-11-21-12-14-27-17-8-6-16(7-9-17)23(25)26/h1-2,4-9,21H,3,10-15H2. The van der Waals surface area contributed by atoms with Gasteiger partial charge in [0, 0.05) is 43.1 Å². The Morgan fingerprint density at radius 2 is 1.96 bits per heavy atom. The van der Waals surface area contributed by atoms with E-state index in [2.05, 4.69) is 11.4 Å². The Kier molecular flexibility index (Phi) is 7.27. The first-order valence-electron chi connectivity index (χ1n) is 9.25. The molecular weight excluding hydrogens is 378 g/mol. The molecule has 1 heterocycles. The van der Waals surface area contributed by atoms with Gasteiger partial charge in [0.15, 0.2) is 0 Å². The largest absolute Gasteiger partial charge is 0.492 e. The minimum Gasteiger partial charge on any atom is -0.492 e. The smallest absolute Gasteiger partial charge is 0.269 e. The Balaban J connectivity index is 1.38. The Hall–Kier alpha value is -2.58. The third-order valence-corrected chi connectivity index (χ3v) is 5.50. The average Bonchev–Trinajstić information content (AvgIpc) is 2.93. The summed E-state index contributed by atoms with van der Waals surface area (Å²) in [4.78, 5) is 25.9. The van der Waals surface area contributed by atoms with E-state index in [9.17, 15) is 14.9 Å². The maximum absolute atomic E-state index is 12.6. The van der Waals surface area contributed by atoms with Crippen molar-refractivity contribution in [1.82, 2.24) is 5.32 Å². The second-order valence-electron chi connectivity index (χ2n) is 6.31. The molecule has 28 heavy (non-hydrogen) atoms. The molecule has 8 heteroatoms. The van der Waals surface area contributed by atoms with Crippen LogP contribution in [0, 0.1) is 10.1 Å². The minimum absolute atomic E-state index is 0.0393. The maximum atomic E-state index is 12.6. The summed E-state index contributed by atoms with van der Waals surface area (Å²) in [5, 5.41) is 13.8. The molecule has 0 unspecified atom stereocenters. The van der Waals surface area contributed by atoms with Crippen molar-refractivity contribution in [2.75, 3.05) is 36.9 Å². The summed E-state index contributed by atoms with van der Waals surface area (Å²) < 4.78 is 5.54. The molecule has 0 atom stereocenters. The van der Waals surface area contributed by atoms with Crippen LogP contribution in [0.5, 0.6) is 5.75 Å². The van der Waals surface area contributed by atoms with Crippen molar-refractivity contribution in [3.8, 4) is 5.75 Å². The highest BCUT2D eigenvalue weighted by Gasteiger charge is 2.20. The monoisotopic (exact) mass is 401 g/mol. The van der Waals surface area contributed by atoms with E-state index in [1.54, 1.807) is 23.9 Å². The molecule has 0 saturated carbocycles. The molecule has 2 aromatic carbocycles. The number of non-ortho nitro benzene ring substituents is 1. The van der Waals surface area contributed by atoms with Crippen LogP contribution in [-0.2, 0) is 4.79 Å². The fraction of sp³-hybridized carbons (Fsp3) is 0.350. The van der Waals surface area contributed by atoms with Gasteiger partial charge in [-0.1, -0.05) is 12.1 Å². The predicted molar refractivity (Wildman–Crippen MR) is 110 cm³/mol. The molecule has 148 valence electrons. The molecule has 3 rings (SSSR count). The number of anilines is 1. The lowest BCUT2D eigenvalue weighted by molar-refractivity contribution is -0.384. The average molecular weight is 401 g/mol. The van der Waals surface area contributed by atoms with Crippen LogP contribution in [0.1, 0.15) is 12.8 Å². The van der Waals surface area contributed by atoms with Crippen LogP contribution < -0.4 is 15.0 Å². The topological polar surface area (TPSA) is 84.7 Å². The van der Waals surface area contributed by atoms with Gasteiger partial charge in [-0.25, -0.2) is 0 Å². The molecule has 1 aliphatic heterocycles. The molecule has 0 fully saturated rings. The van der Waals surface area contributed by atoms with Crippen molar-refractivity contribution in [2.45, 2.75) is 17.7 Å². The van der Waals surface area contributed by atoms with Gasteiger partial charge < -0.3 is 15.0 Å². The quantitative estimate of drug-likeness (QED) is 0.414. The van der Waals surface area contributed by atoms with E-state index >= 15 is 0 Å². The molecule has 0 radical (unpaired) electrons. The number of carbonyl (C=O) groups excluding carboxylic acids is 1. The van der Waals surface area contributed by atoms with Gasteiger partial charge in [-0.05, 0) is 36.4 Å². The first kappa shape index (κ1) is 20.2. The van der Waals surface area contributed by atoms with E-state index in [-0.39, 0.29) is 11.6 Å². The van der Waals surface area contributed by atoms with Gasteiger partial charge in [0.1, 0.15) is 12.4 Å². The van der Waals surface area contributed by atoms with Crippen LogP contribution in [0.4, 0.5) is 11.4 Å². The number of nitrogens with one attached hydrogen (secondary N) is 1. The molecule has 7 nitrogen and oxygen atoms in total. The van der Waals surface area contributed by atoms with E-state index in [0.29, 0.717) is 31.9 Å². The molecule has 1 aliphatic rings. The van der Waals surface area contributed by atoms with E-state index in [4.69, 9.17) is 4.74 Å². The number of nitrogens with zero attached hydrogens (tertiary/aromatic N) is 2. The van der Waals surface area contributed by atoms with Gasteiger partial charge in [-0.2, -0.15) is 0 Å². The molecule has 0 spiro atoms. The van der Waals surface area contributed by atoms with Crippen LogP contribution in [0.3, 0.4) is 0 Å². The molecule has 0 aromatic heterocycles. The van der Waals surface area contributed by atoms with Crippen LogP contribution >= 0.6 is 11.8 Å². The van der Waals surface area contributed by atoms with Gasteiger partial charge in [0.2, 0.25) is 5.91 Å². The summed E-state index contributed by atoms with van der Waals surface area (Å²) in [5.74, 6) is 1.74. The summed E-state index contributed by atoms with van der Waals surface area (Å²) in [6.07, 6.45) is 1.41. The van der Waals surface area contributed by atoms with E-state index in [0.717, 1.165) is 29.3 Å². The predicted octanol–water partition coefficient (Wildman–Crippen LogP) is 3.48. The summed E-state index contributed by atoms with van der Waals surface area (Å²) in [5.41, 5.74) is 1.05. The lowest BCUT2D eigenvalue weighted by Crippen LogP contribution is -2.34. The lowest BCUT2D eigenvalue weighted by atomic mass is 10.2. The second-order valence-corrected chi connectivity index (χ2v) is 7.45. The molecule has 1 amide bonds. The summed E-state index contributed by atoms with van der Waals surface area (Å²) >= 11 is 1.80. The Labute approximate surface area is 168 Å². The third-order valence-electron chi connectivity index (χ3n) is 4.35. The number of ether oxygens (including phenoxy) is 1. The van der Waals surface area contributed by atoms with Crippen molar-refractivity contribution in [2.24, 2.45) is 0 Å². The van der Waals surface area contributed by atoms with Crippen molar-refractivity contribution >= 4 is 29.0 Å². The highest BCUT2D eigenvalue weighted by atomic mass is 32.2. The molecule has 2 aromatic rings. The number of benzene rings is 2. The van der Waals surface area contributed by atoms with Crippen LogP contribution in [0.15, 0.2) is 53.4 Å². The Bertz CT molecular complexity index is 813. The number of hydrogen-bond acceptors (Lipinski definition) is 6. The fourth-order valence-electron chi connectivity index (χ4n) is 2.95. The van der Waals surface area contributed by atoms with Crippen molar-refractivity contribution in [1.29, 1.82) is 0 Å². The third kappa shape index (κ3) is 5.46. The first-order chi connectivity index (χ1) is 13.6. The zero-order valence-corrected chi connectivity index (χ0v) is 16.3. The zero-order chi connectivity index (χ0) is 19.8. The second kappa shape index (κ2) is 10.1. The first-order valence-corrected chi connectivity index (χ1v) is 10.2. The van der Waals surface area contributed by atoms with Crippen molar-refractivity contribution in [3.63, 3.8) is 0 Å². The fourth-order valence-corrected chi connectivity index (χ4v) is 3.94. The van der Waals surface area contributed by atoms with E-state index in [1.165, 1.54) is 12.1 Å². The highest BCUT2D eigenvalue weighted by Crippen LogP contribution is 2.33. The number of rotatable bonds is 8. The zero-order valence-electron chi connectivity index (χ0n) is 15.5. The van der Waals surface area contributed by atoms with Crippen LogP contribution in [-0.4, -0.2) is 42.8 Å². The number of fused-ring (bicyclic) bond motifs is 1. The van der Waals surface area contributed by atoms with Gasteiger partial charge in [0.25, 0.3) is 5.69 Å². The summed E-state index contributed by atoms with van der Waals surface area (Å²) in [6.45, 7) is 2.35. The highest BCUT2D eigenvalue weighted by molar-refractivity contribution is 7.99. The SMILES string of the molecule is O=C(CCNCCOc1ccc([N+](=O)[O-])cc1)N1CCCSc2ccccc21. The van der Waals surface area contributed by atoms with E-state index < -0.39 is 4.92 Å². The normalized spacial score (nSPS) is 13.5. The van der Waals surface area contributed by atoms with Gasteiger partial charge in [-0.3, -0.25) is 14.9 Å². The number of para-hydroxylation sites is 1. The number of thioether (sulfide) groups is 1. The number of carbonyl (C=O) groups is 1. The molecule has 1 N–H and O–H groups in total. The Morgan fingerprint density at radius 1 is 1.18 bits per heavy atom. The lowest BCUT2D eigenvalue weighted by Gasteiger charge is -2.22. The summed E-state index contributed by atoms with van der Waals surface area (Å²) in [6, 6.07) is 14.0.